The summed E-state index contributed by atoms with van der Waals surface area (Å²) in [5, 5.41) is 7.25. The summed E-state index contributed by atoms with van der Waals surface area (Å²) >= 11 is 0. The van der Waals surface area contributed by atoms with Gasteiger partial charge in [0.1, 0.15) is 5.69 Å². The minimum absolute atomic E-state index is 0.138. The Labute approximate surface area is 142 Å². The number of carbonyl (C=O) groups excluding carboxylic acids is 1. The molecule has 0 saturated carbocycles. The van der Waals surface area contributed by atoms with Crippen molar-refractivity contribution < 1.29 is 4.79 Å². The summed E-state index contributed by atoms with van der Waals surface area (Å²) in [6, 6.07) is 18.0. The fourth-order valence-corrected chi connectivity index (χ4v) is 2.79. The number of amides is 1. The van der Waals surface area contributed by atoms with E-state index in [1.807, 2.05) is 50.2 Å². The predicted octanol–water partition coefficient (Wildman–Crippen LogP) is 4.44. The van der Waals surface area contributed by atoms with Crippen LogP contribution in [0.5, 0.6) is 0 Å². The van der Waals surface area contributed by atoms with Crippen LogP contribution in [-0.4, -0.2) is 15.7 Å². The number of rotatable bonds is 4. The van der Waals surface area contributed by atoms with Gasteiger partial charge in [-0.3, -0.25) is 9.48 Å². The van der Waals surface area contributed by atoms with Gasteiger partial charge in [0.05, 0.1) is 5.69 Å². The van der Waals surface area contributed by atoms with Crippen molar-refractivity contribution in [1.82, 2.24) is 9.78 Å². The van der Waals surface area contributed by atoms with Gasteiger partial charge in [-0.05, 0) is 55.7 Å². The van der Waals surface area contributed by atoms with E-state index in [1.165, 1.54) is 11.1 Å². The molecule has 0 aliphatic carbocycles. The van der Waals surface area contributed by atoms with Crippen molar-refractivity contribution in [3.63, 3.8) is 0 Å². The molecule has 0 spiro atoms. The smallest absolute Gasteiger partial charge is 0.273 e. The fraction of sp³-hybridized carbons (Fsp3) is 0.200. The van der Waals surface area contributed by atoms with E-state index in [4.69, 9.17) is 0 Å². The third kappa shape index (κ3) is 3.23. The van der Waals surface area contributed by atoms with Crippen LogP contribution in [-0.2, 0) is 6.54 Å². The molecular formula is C20H21N3O. The molecule has 1 aromatic heterocycles. The van der Waals surface area contributed by atoms with E-state index in [2.05, 4.69) is 29.5 Å². The highest BCUT2D eigenvalue weighted by Crippen LogP contribution is 2.24. The average Bonchev–Trinajstić information content (AvgIpc) is 2.97. The van der Waals surface area contributed by atoms with E-state index in [0.29, 0.717) is 12.2 Å². The van der Waals surface area contributed by atoms with Gasteiger partial charge in [0.25, 0.3) is 5.91 Å². The van der Waals surface area contributed by atoms with E-state index in [1.54, 1.807) is 10.7 Å². The largest absolute Gasteiger partial charge is 0.321 e. The van der Waals surface area contributed by atoms with E-state index in [-0.39, 0.29) is 5.91 Å². The van der Waals surface area contributed by atoms with Crippen molar-refractivity contribution in [2.45, 2.75) is 27.3 Å². The van der Waals surface area contributed by atoms with E-state index in [9.17, 15) is 4.79 Å². The highest BCUT2D eigenvalue weighted by Gasteiger charge is 2.13. The minimum atomic E-state index is -0.138. The van der Waals surface area contributed by atoms with Gasteiger partial charge in [0.15, 0.2) is 0 Å². The average molecular weight is 319 g/mol. The summed E-state index contributed by atoms with van der Waals surface area (Å²) < 4.78 is 1.71. The molecule has 3 rings (SSSR count). The normalized spacial score (nSPS) is 10.6. The van der Waals surface area contributed by atoms with Crippen molar-refractivity contribution in [3.8, 4) is 11.1 Å². The van der Waals surface area contributed by atoms with Gasteiger partial charge in [0.2, 0.25) is 0 Å². The van der Waals surface area contributed by atoms with Gasteiger partial charge >= 0.3 is 0 Å². The quantitative estimate of drug-likeness (QED) is 0.773. The second-order valence-electron chi connectivity index (χ2n) is 5.83. The first-order chi connectivity index (χ1) is 11.6. The summed E-state index contributed by atoms with van der Waals surface area (Å²) in [6.45, 7) is 6.63. The van der Waals surface area contributed by atoms with Crippen LogP contribution in [0.15, 0.2) is 54.6 Å². The van der Waals surface area contributed by atoms with E-state index >= 15 is 0 Å². The van der Waals surface area contributed by atoms with Crippen LogP contribution in [0, 0.1) is 13.8 Å². The Bertz CT molecular complexity index is 863. The summed E-state index contributed by atoms with van der Waals surface area (Å²) in [5.74, 6) is -0.138. The van der Waals surface area contributed by atoms with Gasteiger partial charge in [-0.1, -0.05) is 36.4 Å². The maximum absolute atomic E-state index is 12.4. The zero-order valence-electron chi connectivity index (χ0n) is 14.2. The van der Waals surface area contributed by atoms with Crippen LogP contribution in [0.3, 0.4) is 0 Å². The lowest BCUT2D eigenvalue weighted by atomic mass is 10.0. The molecule has 24 heavy (non-hydrogen) atoms. The summed E-state index contributed by atoms with van der Waals surface area (Å²) in [7, 11) is 0. The summed E-state index contributed by atoms with van der Waals surface area (Å²) in [5.41, 5.74) is 5.78. The van der Waals surface area contributed by atoms with Crippen molar-refractivity contribution in [2.24, 2.45) is 0 Å². The molecular weight excluding hydrogens is 298 g/mol. The number of benzene rings is 2. The Hall–Kier alpha value is -2.88. The number of carbonyl (C=O) groups is 1. The Morgan fingerprint density at radius 3 is 2.46 bits per heavy atom. The lowest BCUT2D eigenvalue weighted by Gasteiger charge is -2.09. The second-order valence-corrected chi connectivity index (χ2v) is 5.83. The molecule has 0 saturated heterocycles. The fourth-order valence-electron chi connectivity index (χ4n) is 2.79. The number of aryl methyl sites for hydroxylation is 3. The maximum Gasteiger partial charge on any atom is 0.273 e. The topological polar surface area (TPSA) is 46.9 Å². The predicted molar refractivity (Wildman–Crippen MR) is 97.2 cm³/mol. The molecule has 0 unspecified atom stereocenters. The monoisotopic (exact) mass is 319 g/mol. The van der Waals surface area contributed by atoms with Gasteiger partial charge in [0, 0.05) is 12.2 Å². The van der Waals surface area contributed by atoms with Crippen LogP contribution < -0.4 is 5.32 Å². The number of nitrogens with one attached hydrogen (secondary N) is 1. The SMILES string of the molecule is CCn1nc(C)cc1C(=O)Nc1ccc(-c2ccccc2C)cc1. The molecule has 0 aliphatic rings. The number of hydrogen-bond acceptors (Lipinski definition) is 2. The van der Waals surface area contributed by atoms with Crippen LogP contribution >= 0.6 is 0 Å². The van der Waals surface area contributed by atoms with Crippen LogP contribution in [0.4, 0.5) is 5.69 Å². The first-order valence-corrected chi connectivity index (χ1v) is 8.10. The Morgan fingerprint density at radius 1 is 1.08 bits per heavy atom. The highest BCUT2D eigenvalue weighted by molar-refractivity contribution is 6.03. The summed E-state index contributed by atoms with van der Waals surface area (Å²) in [4.78, 5) is 12.4. The lowest BCUT2D eigenvalue weighted by Crippen LogP contribution is -2.17. The Morgan fingerprint density at radius 2 is 1.79 bits per heavy atom. The van der Waals surface area contributed by atoms with Gasteiger partial charge in [-0.2, -0.15) is 5.10 Å². The molecule has 0 radical (unpaired) electrons. The number of hydrogen-bond donors (Lipinski definition) is 1. The van der Waals surface area contributed by atoms with Crippen molar-refractivity contribution >= 4 is 11.6 Å². The van der Waals surface area contributed by atoms with Crippen molar-refractivity contribution in [1.29, 1.82) is 0 Å². The van der Waals surface area contributed by atoms with Crippen LogP contribution in [0.25, 0.3) is 11.1 Å². The number of anilines is 1. The third-order valence-electron chi connectivity index (χ3n) is 4.03. The number of nitrogens with zero attached hydrogens (tertiary/aromatic N) is 2. The molecule has 0 aliphatic heterocycles. The van der Waals surface area contributed by atoms with E-state index < -0.39 is 0 Å². The van der Waals surface area contributed by atoms with Gasteiger partial charge in [-0.25, -0.2) is 0 Å². The highest BCUT2D eigenvalue weighted by atomic mass is 16.2. The molecule has 122 valence electrons. The molecule has 2 aromatic carbocycles. The first kappa shape index (κ1) is 16.0. The van der Waals surface area contributed by atoms with Crippen LogP contribution in [0.1, 0.15) is 28.7 Å². The zero-order chi connectivity index (χ0) is 17.1. The zero-order valence-corrected chi connectivity index (χ0v) is 14.2. The van der Waals surface area contributed by atoms with Gasteiger partial charge < -0.3 is 5.32 Å². The lowest BCUT2D eigenvalue weighted by molar-refractivity contribution is 0.101. The summed E-state index contributed by atoms with van der Waals surface area (Å²) in [6.07, 6.45) is 0. The molecule has 0 fully saturated rings. The molecule has 1 heterocycles. The maximum atomic E-state index is 12.4. The molecule has 3 aromatic rings. The van der Waals surface area contributed by atoms with Gasteiger partial charge in [-0.15, -0.1) is 0 Å². The molecule has 0 atom stereocenters. The molecule has 4 nitrogen and oxygen atoms in total. The first-order valence-electron chi connectivity index (χ1n) is 8.10. The number of aromatic nitrogens is 2. The Kier molecular flexibility index (Phi) is 4.47. The standard InChI is InChI=1S/C20H21N3O/c1-4-23-19(13-15(3)22-23)20(24)21-17-11-9-16(10-12-17)18-8-6-5-7-14(18)2/h5-13H,4H2,1-3H3,(H,21,24). The molecule has 4 heteroatoms. The van der Waals surface area contributed by atoms with Crippen LogP contribution in [0.2, 0.25) is 0 Å². The molecule has 1 N–H and O–H groups in total. The van der Waals surface area contributed by atoms with E-state index in [0.717, 1.165) is 16.9 Å². The third-order valence-corrected chi connectivity index (χ3v) is 4.03. The molecule has 1 amide bonds. The second kappa shape index (κ2) is 6.71. The van der Waals surface area contributed by atoms with Crippen molar-refractivity contribution in [3.05, 3.63) is 71.5 Å². The minimum Gasteiger partial charge on any atom is -0.321 e. The Balaban J connectivity index is 1.79. The molecule has 0 bridgehead atoms. The van der Waals surface area contributed by atoms with Crippen molar-refractivity contribution in [2.75, 3.05) is 5.32 Å².